The Hall–Kier alpha value is -1.75. The largest absolute Gasteiger partial charge is 0.469 e. The van der Waals surface area contributed by atoms with Gasteiger partial charge >= 0.3 is 5.97 Å². The summed E-state index contributed by atoms with van der Waals surface area (Å²) in [5.41, 5.74) is 0.809. The van der Waals surface area contributed by atoms with Crippen LogP contribution >= 0.6 is 0 Å². The molecule has 0 aliphatic carbocycles. The lowest BCUT2D eigenvalue weighted by Gasteiger charge is -2.21. The summed E-state index contributed by atoms with van der Waals surface area (Å²) in [7, 11) is 2.89. The molecule has 0 fully saturated rings. The van der Waals surface area contributed by atoms with Gasteiger partial charge in [0.2, 0.25) is 0 Å². The van der Waals surface area contributed by atoms with E-state index in [0.717, 1.165) is 11.8 Å². The molecule has 0 amide bonds. The molecule has 0 heterocycles. The van der Waals surface area contributed by atoms with E-state index in [2.05, 4.69) is 0 Å². The average molecular weight is 296 g/mol. The molecule has 0 aromatic heterocycles. The lowest BCUT2D eigenvalue weighted by Crippen LogP contribution is -2.20. The fourth-order valence-corrected chi connectivity index (χ4v) is 2.25. The molecular formula is C16H21FO4. The van der Waals surface area contributed by atoms with E-state index in [1.165, 1.54) is 19.2 Å². The number of halogens is 1. The third-order valence-corrected chi connectivity index (χ3v) is 3.43. The molecule has 2 atom stereocenters. The highest BCUT2D eigenvalue weighted by atomic mass is 19.1. The highest BCUT2D eigenvalue weighted by Gasteiger charge is 2.24. The summed E-state index contributed by atoms with van der Waals surface area (Å²) in [6.07, 6.45) is 2.57. The molecule has 1 aromatic rings. The summed E-state index contributed by atoms with van der Waals surface area (Å²) in [5, 5.41) is 0. The Morgan fingerprint density at radius 3 is 2.48 bits per heavy atom. The molecule has 0 saturated carbocycles. The Kier molecular flexibility index (Phi) is 7.61. The smallest absolute Gasteiger partial charge is 0.308 e. The molecule has 1 unspecified atom stereocenters. The van der Waals surface area contributed by atoms with Crippen molar-refractivity contribution in [3.05, 3.63) is 35.6 Å². The standard InChI is InChI=1S/C16H21FO4/c1-20-15(12-6-8-14(17)9-7-12)11-13(16(19)21-2)5-3-4-10-18/h6-10,13,15H,3-5,11H2,1-2H3/t13?,15-/m1/s1. The van der Waals surface area contributed by atoms with E-state index in [9.17, 15) is 14.0 Å². The van der Waals surface area contributed by atoms with Crippen molar-refractivity contribution >= 4 is 12.3 Å². The highest BCUT2D eigenvalue weighted by Crippen LogP contribution is 2.28. The fourth-order valence-electron chi connectivity index (χ4n) is 2.25. The van der Waals surface area contributed by atoms with Crippen molar-refractivity contribution in [2.75, 3.05) is 14.2 Å². The van der Waals surface area contributed by atoms with Crippen LogP contribution in [-0.2, 0) is 19.1 Å². The van der Waals surface area contributed by atoms with Crippen LogP contribution in [0.5, 0.6) is 0 Å². The normalized spacial score (nSPS) is 13.5. The number of esters is 1. The number of rotatable bonds is 9. The molecule has 116 valence electrons. The number of benzene rings is 1. The van der Waals surface area contributed by atoms with Gasteiger partial charge in [0.05, 0.1) is 19.1 Å². The summed E-state index contributed by atoms with van der Waals surface area (Å²) < 4.78 is 23.2. The number of carbonyl (C=O) groups excluding carboxylic acids is 2. The van der Waals surface area contributed by atoms with Crippen LogP contribution in [0, 0.1) is 11.7 Å². The third-order valence-electron chi connectivity index (χ3n) is 3.43. The van der Waals surface area contributed by atoms with Crippen LogP contribution in [0.2, 0.25) is 0 Å². The minimum atomic E-state index is -0.343. The monoisotopic (exact) mass is 296 g/mol. The number of unbranched alkanes of at least 4 members (excludes halogenated alkanes) is 1. The summed E-state index contributed by atoms with van der Waals surface area (Å²) in [6, 6.07) is 6.01. The zero-order valence-electron chi connectivity index (χ0n) is 12.4. The zero-order valence-corrected chi connectivity index (χ0v) is 12.4. The molecule has 21 heavy (non-hydrogen) atoms. The van der Waals surface area contributed by atoms with Crippen molar-refractivity contribution in [1.82, 2.24) is 0 Å². The van der Waals surface area contributed by atoms with E-state index in [1.54, 1.807) is 19.2 Å². The van der Waals surface area contributed by atoms with Crippen LogP contribution in [0.4, 0.5) is 4.39 Å². The number of carbonyl (C=O) groups is 2. The molecular weight excluding hydrogens is 275 g/mol. The second kappa shape index (κ2) is 9.23. The number of hydrogen-bond acceptors (Lipinski definition) is 4. The number of ether oxygens (including phenoxy) is 2. The predicted octanol–water partition coefficient (Wildman–Crippen LogP) is 3.06. The van der Waals surface area contributed by atoms with Gasteiger partial charge in [-0.3, -0.25) is 4.79 Å². The lowest BCUT2D eigenvalue weighted by molar-refractivity contribution is -0.147. The molecule has 0 bridgehead atoms. The Morgan fingerprint density at radius 2 is 1.95 bits per heavy atom. The van der Waals surface area contributed by atoms with Crippen LogP contribution in [0.1, 0.15) is 37.4 Å². The minimum absolute atomic E-state index is 0.314. The van der Waals surface area contributed by atoms with Gasteiger partial charge in [0.25, 0.3) is 0 Å². The molecule has 0 N–H and O–H groups in total. The maximum absolute atomic E-state index is 13.0. The van der Waals surface area contributed by atoms with Gasteiger partial charge < -0.3 is 14.3 Å². The van der Waals surface area contributed by atoms with Gasteiger partial charge in [-0.2, -0.15) is 0 Å². The number of methoxy groups -OCH3 is 2. The first-order valence-corrected chi connectivity index (χ1v) is 6.92. The molecule has 5 heteroatoms. The highest BCUT2D eigenvalue weighted by molar-refractivity contribution is 5.72. The van der Waals surface area contributed by atoms with Crippen molar-refractivity contribution in [2.24, 2.45) is 5.92 Å². The van der Waals surface area contributed by atoms with Gasteiger partial charge in [0, 0.05) is 13.5 Å². The Morgan fingerprint density at radius 1 is 1.29 bits per heavy atom. The van der Waals surface area contributed by atoms with E-state index in [0.29, 0.717) is 25.7 Å². The SMILES string of the molecule is COC(=O)C(CCCC=O)C[C@@H](OC)c1ccc(F)cc1. The van der Waals surface area contributed by atoms with Gasteiger partial charge in [0.15, 0.2) is 0 Å². The van der Waals surface area contributed by atoms with Crippen LogP contribution in [-0.4, -0.2) is 26.5 Å². The molecule has 0 aliphatic heterocycles. The Bertz CT molecular complexity index is 444. The van der Waals surface area contributed by atoms with Crippen molar-refractivity contribution in [3.63, 3.8) is 0 Å². The first-order valence-electron chi connectivity index (χ1n) is 6.92. The molecule has 0 radical (unpaired) electrons. The van der Waals surface area contributed by atoms with Gasteiger partial charge in [-0.05, 0) is 37.0 Å². The summed E-state index contributed by atoms with van der Waals surface area (Å²) in [5.74, 6) is -0.973. The minimum Gasteiger partial charge on any atom is -0.469 e. The molecule has 0 spiro atoms. The maximum Gasteiger partial charge on any atom is 0.308 e. The van der Waals surface area contributed by atoms with E-state index in [1.807, 2.05) is 0 Å². The van der Waals surface area contributed by atoms with Crippen LogP contribution in [0.25, 0.3) is 0 Å². The first kappa shape index (κ1) is 17.3. The van der Waals surface area contributed by atoms with Crippen molar-refractivity contribution in [3.8, 4) is 0 Å². The zero-order chi connectivity index (χ0) is 15.7. The van der Waals surface area contributed by atoms with Gasteiger partial charge in [0.1, 0.15) is 12.1 Å². The second-order valence-electron chi connectivity index (χ2n) is 4.83. The Labute approximate surface area is 124 Å². The summed E-state index contributed by atoms with van der Waals surface area (Å²) in [6.45, 7) is 0. The molecule has 0 saturated heterocycles. The van der Waals surface area contributed by atoms with E-state index >= 15 is 0 Å². The van der Waals surface area contributed by atoms with Crippen molar-refractivity contribution < 1.29 is 23.5 Å². The van der Waals surface area contributed by atoms with E-state index in [4.69, 9.17) is 9.47 Å². The quantitative estimate of drug-likeness (QED) is 0.399. The topological polar surface area (TPSA) is 52.6 Å². The lowest BCUT2D eigenvalue weighted by atomic mass is 9.92. The van der Waals surface area contributed by atoms with Crippen molar-refractivity contribution in [2.45, 2.75) is 31.8 Å². The summed E-state index contributed by atoms with van der Waals surface area (Å²) >= 11 is 0. The fraction of sp³-hybridized carbons (Fsp3) is 0.500. The van der Waals surface area contributed by atoms with E-state index in [-0.39, 0.29) is 23.8 Å². The Balaban J connectivity index is 2.75. The molecule has 1 rings (SSSR count). The first-order chi connectivity index (χ1) is 10.1. The van der Waals surface area contributed by atoms with E-state index < -0.39 is 0 Å². The van der Waals surface area contributed by atoms with Crippen molar-refractivity contribution in [1.29, 1.82) is 0 Å². The molecule has 1 aromatic carbocycles. The van der Waals surface area contributed by atoms with Crippen LogP contribution in [0.15, 0.2) is 24.3 Å². The molecule has 4 nitrogen and oxygen atoms in total. The number of aldehydes is 1. The van der Waals surface area contributed by atoms with Crippen LogP contribution in [0.3, 0.4) is 0 Å². The summed E-state index contributed by atoms with van der Waals surface area (Å²) in [4.78, 5) is 22.2. The average Bonchev–Trinajstić information content (AvgIpc) is 2.51. The predicted molar refractivity (Wildman–Crippen MR) is 76.2 cm³/mol. The number of hydrogen-bond donors (Lipinski definition) is 0. The third kappa shape index (κ3) is 5.63. The van der Waals surface area contributed by atoms with Crippen LogP contribution < -0.4 is 0 Å². The maximum atomic E-state index is 13.0. The van der Waals surface area contributed by atoms with Gasteiger partial charge in [-0.25, -0.2) is 4.39 Å². The second-order valence-corrected chi connectivity index (χ2v) is 4.83. The van der Waals surface area contributed by atoms with Gasteiger partial charge in [-0.15, -0.1) is 0 Å². The van der Waals surface area contributed by atoms with Gasteiger partial charge in [-0.1, -0.05) is 12.1 Å². The molecule has 0 aliphatic rings.